The number of hydrogen-bond acceptors (Lipinski definition) is 6. The molecule has 3 aromatic rings. The van der Waals surface area contributed by atoms with Gasteiger partial charge in [0.25, 0.3) is 0 Å². The van der Waals surface area contributed by atoms with Gasteiger partial charge in [-0.2, -0.15) is 0 Å². The zero-order chi connectivity index (χ0) is 20.7. The molecule has 5 nitrogen and oxygen atoms in total. The summed E-state index contributed by atoms with van der Waals surface area (Å²) in [6, 6.07) is 7.48. The Hall–Kier alpha value is -2.12. The standard InChI is InChI=1S/C23H25N3O2S2/c1-13-7-10-15-18(11-13)30-23-20(15)22(25-21(26-23)14-8-9-14)29-12-19(27)24-16-5-3-4-6-17(16)28-2/h3-6,13-14H,7-12H2,1-2H3,(H,24,27)/t13-/m1/s1. The number of ether oxygens (including phenoxy) is 1. The quantitative estimate of drug-likeness (QED) is 0.410. The molecule has 0 unspecified atom stereocenters. The van der Waals surface area contributed by atoms with Gasteiger partial charge in [0.2, 0.25) is 5.91 Å². The van der Waals surface area contributed by atoms with Gasteiger partial charge in [-0.25, -0.2) is 9.97 Å². The van der Waals surface area contributed by atoms with Crippen LogP contribution in [0.1, 0.15) is 48.4 Å². The third-order valence-electron chi connectivity index (χ3n) is 5.80. The van der Waals surface area contributed by atoms with Crippen LogP contribution in [0.2, 0.25) is 0 Å². The van der Waals surface area contributed by atoms with Gasteiger partial charge in [-0.1, -0.05) is 30.8 Å². The van der Waals surface area contributed by atoms with Crippen molar-refractivity contribution in [2.24, 2.45) is 5.92 Å². The van der Waals surface area contributed by atoms with E-state index in [1.807, 2.05) is 35.6 Å². The lowest BCUT2D eigenvalue weighted by Crippen LogP contribution is -2.15. The number of rotatable bonds is 6. The summed E-state index contributed by atoms with van der Waals surface area (Å²) < 4.78 is 5.34. The predicted octanol–water partition coefficient (Wildman–Crippen LogP) is 5.43. The molecule has 1 atom stereocenters. The number of carbonyl (C=O) groups is 1. The number of hydrogen-bond donors (Lipinski definition) is 1. The summed E-state index contributed by atoms with van der Waals surface area (Å²) in [5.74, 6) is 3.11. The van der Waals surface area contributed by atoms with Crippen LogP contribution in [0.3, 0.4) is 0 Å². The van der Waals surface area contributed by atoms with E-state index in [1.54, 1.807) is 7.11 Å². The van der Waals surface area contributed by atoms with Crippen molar-refractivity contribution in [2.75, 3.05) is 18.2 Å². The van der Waals surface area contributed by atoms with E-state index in [1.165, 1.54) is 46.9 Å². The minimum absolute atomic E-state index is 0.0537. The Morgan fingerprint density at radius 3 is 2.90 bits per heavy atom. The molecule has 1 saturated carbocycles. The van der Waals surface area contributed by atoms with Gasteiger partial charge in [0.05, 0.1) is 18.6 Å². The van der Waals surface area contributed by atoms with E-state index in [9.17, 15) is 4.79 Å². The Bertz CT molecular complexity index is 1110. The number of thioether (sulfide) groups is 1. The molecule has 1 N–H and O–H groups in total. The first-order valence-corrected chi connectivity index (χ1v) is 12.3. The summed E-state index contributed by atoms with van der Waals surface area (Å²) in [6.07, 6.45) is 5.77. The number of nitrogens with zero attached hydrogens (tertiary/aromatic N) is 2. The lowest BCUT2D eigenvalue weighted by Gasteiger charge is -2.18. The predicted molar refractivity (Wildman–Crippen MR) is 123 cm³/mol. The second-order valence-electron chi connectivity index (χ2n) is 8.23. The van der Waals surface area contributed by atoms with Gasteiger partial charge in [0.15, 0.2) is 0 Å². The summed E-state index contributed by atoms with van der Waals surface area (Å²) in [4.78, 5) is 25.1. The van der Waals surface area contributed by atoms with Crippen molar-refractivity contribution in [3.05, 3.63) is 40.5 Å². The summed E-state index contributed by atoms with van der Waals surface area (Å²) in [6.45, 7) is 2.33. The Labute approximate surface area is 184 Å². The van der Waals surface area contributed by atoms with Crippen LogP contribution in [-0.4, -0.2) is 28.7 Å². The SMILES string of the molecule is COc1ccccc1NC(=O)CSc1nc(C2CC2)nc2sc3c(c12)CC[C@@H](C)C3. The van der Waals surface area contributed by atoms with E-state index in [0.29, 0.717) is 23.1 Å². The molecule has 5 rings (SSSR count). The summed E-state index contributed by atoms with van der Waals surface area (Å²) in [5.41, 5.74) is 2.11. The second-order valence-corrected chi connectivity index (χ2v) is 10.3. The summed E-state index contributed by atoms with van der Waals surface area (Å²) in [7, 11) is 1.61. The van der Waals surface area contributed by atoms with E-state index in [-0.39, 0.29) is 5.91 Å². The second kappa shape index (κ2) is 8.19. The Morgan fingerprint density at radius 2 is 2.10 bits per heavy atom. The first-order chi connectivity index (χ1) is 14.6. The molecule has 156 valence electrons. The van der Waals surface area contributed by atoms with Crippen molar-refractivity contribution in [3.8, 4) is 5.75 Å². The zero-order valence-corrected chi connectivity index (χ0v) is 18.9. The van der Waals surface area contributed by atoms with Gasteiger partial charge in [0, 0.05) is 16.2 Å². The van der Waals surface area contributed by atoms with Crippen LogP contribution < -0.4 is 10.1 Å². The van der Waals surface area contributed by atoms with Gasteiger partial charge in [-0.15, -0.1) is 11.3 Å². The maximum atomic E-state index is 12.7. The molecule has 0 radical (unpaired) electrons. The molecule has 1 amide bonds. The highest BCUT2D eigenvalue weighted by atomic mass is 32.2. The molecule has 0 spiro atoms. The number of nitrogens with one attached hydrogen (secondary N) is 1. The molecular weight excluding hydrogens is 414 g/mol. The fourth-order valence-electron chi connectivity index (χ4n) is 4.02. The smallest absolute Gasteiger partial charge is 0.234 e. The fraction of sp³-hybridized carbons (Fsp3) is 0.435. The molecule has 1 aromatic carbocycles. The largest absolute Gasteiger partial charge is 0.495 e. The molecule has 0 saturated heterocycles. The number of aromatic nitrogens is 2. The molecular formula is C23H25N3O2S2. The highest BCUT2D eigenvalue weighted by Gasteiger charge is 2.30. The number of methoxy groups -OCH3 is 1. The van der Waals surface area contributed by atoms with E-state index >= 15 is 0 Å². The first kappa shape index (κ1) is 19.8. The van der Waals surface area contributed by atoms with E-state index in [0.717, 1.165) is 34.4 Å². The Balaban J connectivity index is 1.41. The van der Waals surface area contributed by atoms with Crippen molar-refractivity contribution in [1.29, 1.82) is 0 Å². The Kier molecular flexibility index (Phi) is 5.41. The van der Waals surface area contributed by atoms with Crippen molar-refractivity contribution >= 4 is 44.9 Å². The fourth-order valence-corrected chi connectivity index (χ4v) is 6.34. The normalized spacial score (nSPS) is 18.3. The van der Waals surface area contributed by atoms with E-state index < -0.39 is 0 Å². The monoisotopic (exact) mass is 439 g/mol. The molecule has 2 heterocycles. The van der Waals surface area contributed by atoms with Gasteiger partial charge in [-0.05, 0) is 55.7 Å². The minimum atomic E-state index is -0.0537. The van der Waals surface area contributed by atoms with Crippen LogP contribution in [0.15, 0.2) is 29.3 Å². The summed E-state index contributed by atoms with van der Waals surface area (Å²) >= 11 is 3.37. The van der Waals surface area contributed by atoms with Crippen LogP contribution >= 0.6 is 23.1 Å². The van der Waals surface area contributed by atoms with Crippen LogP contribution in [-0.2, 0) is 17.6 Å². The number of aryl methyl sites for hydroxylation is 1. The van der Waals surface area contributed by atoms with Crippen LogP contribution in [0.5, 0.6) is 5.75 Å². The van der Waals surface area contributed by atoms with E-state index in [2.05, 4.69) is 12.2 Å². The molecule has 1 fully saturated rings. The third kappa shape index (κ3) is 3.93. The van der Waals surface area contributed by atoms with Crippen LogP contribution in [0.4, 0.5) is 5.69 Å². The minimum Gasteiger partial charge on any atom is -0.495 e. The molecule has 30 heavy (non-hydrogen) atoms. The highest BCUT2D eigenvalue weighted by molar-refractivity contribution is 8.00. The maximum absolute atomic E-state index is 12.7. The number of benzene rings is 1. The number of fused-ring (bicyclic) bond motifs is 3. The third-order valence-corrected chi connectivity index (χ3v) is 7.93. The number of para-hydroxylation sites is 2. The van der Waals surface area contributed by atoms with Crippen molar-refractivity contribution in [2.45, 2.75) is 50.0 Å². The molecule has 0 bridgehead atoms. The van der Waals surface area contributed by atoms with E-state index in [4.69, 9.17) is 14.7 Å². The van der Waals surface area contributed by atoms with Gasteiger partial charge in [-0.3, -0.25) is 4.79 Å². The topological polar surface area (TPSA) is 64.1 Å². The molecule has 2 aliphatic rings. The van der Waals surface area contributed by atoms with Crippen LogP contribution in [0.25, 0.3) is 10.2 Å². The molecule has 2 aliphatic carbocycles. The number of thiophene rings is 1. The molecule has 2 aromatic heterocycles. The zero-order valence-electron chi connectivity index (χ0n) is 17.2. The Morgan fingerprint density at radius 1 is 1.27 bits per heavy atom. The maximum Gasteiger partial charge on any atom is 0.234 e. The number of amides is 1. The van der Waals surface area contributed by atoms with Crippen molar-refractivity contribution in [3.63, 3.8) is 0 Å². The van der Waals surface area contributed by atoms with Gasteiger partial charge in [0.1, 0.15) is 21.4 Å². The van der Waals surface area contributed by atoms with Crippen molar-refractivity contribution < 1.29 is 9.53 Å². The average Bonchev–Trinajstić information content (AvgIpc) is 3.53. The number of anilines is 1. The lowest BCUT2D eigenvalue weighted by molar-refractivity contribution is -0.113. The first-order valence-electron chi connectivity index (χ1n) is 10.5. The molecule has 7 heteroatoms. The number of carbonyl (C=O) groups excluding carboxylic acids is 1. The lowest BCUT2D eigenvalue weighted by atomic mass is 9.89. The summed E-state index contributed by atoms with van der Waals surface area (Å²) in [5, 5.41) is 5.14. The molecule has 0 aliphatic heterocycles. The van der Waals surface area contributed by atoms with Gasteiger partial charge >= 0.3 is 0 Å². The average molecular weight is 440 g/mol. The van der Waals surface area contributed by atoms with Crippen LogP contribution in [0, 0.1) is 5.92 Å². The van der Waals surface area contributed by atoms with Gasteiger partial charge < -0.3 is 10.1 Å². The highest BCUT2D eigenvalue weighted by Crippen LogP contribution is 2.44. The van der Waals surface area contributed by atoms with Crippen molar-refractivity contribution in [1.82, 2.24) is 9.97 Å².